The second-order valence-electron chi connectivity index (χ2n) is 9.74. The van der Waals surface area contributed by atoms with Crippen LogP contribution in [0, 0.1) is 6.92 Å². The number of hydrogen-bond acceptors (Lipinski definition) is 7. The van der Waals surface area contributed by atoms with Crippen molar-refractivity contribution in [1.29, 1.82) is 0 Å². The molecule has 0 saturated carbocycles. The Hall–Kier alpha value is -2.95. The first-order chi connectivity index (χ1) is 19.3. The summed E-state index contributed by atoms with van der Waals surface area (Å²) in [4.78, 5) is 45.3. The zero-order chi connectivity index (χ0) is 28.5. The molecule has 1 amide bonds. The first-order valence-corrected chi connectivity index (χ1v) is 15.6. The van der Waals surface area contributed by atoms with Gasteiger partial charge in [0.15, 0.2) is 0 Å². The summed E-state index contributed by atoms with van der Waals surface area (Å²) < 4.78 is 2.04. The molecule has 1 aromatic carbocycles. The van der Waals surface area contributed by atoms with Gasteiger partial charge in [-0.05, 0) is 49.6 Å². The molecule has 0 radical (unpaired) electrons. The van der Waals surface area contributed by atoms with Crippen LogP contribution in [0.1, 0.15) is 68.9 Å². The lowest BCUT2D eigenvalue weighted by Crippen LogP contribution is -2.29. The molecule has 2 aromatic heterocycles. The van der Waals surface area contributed by atoms with Crippen LogP contribution in [-0.4, -0.2) is 42.1 Å². The summed E-state index contributed by atoms with van der Waals surface area (Å²) in [5, 5.41) is 9.25. The molecule has 3 aromatic rings. The van der Waals surface area contributed by atoms with E-state index in [0.717, 1.165) is 61.8 Å². The van der Waals surface area contributed by atoms with E-state index < -0.39 is 5.97 Å². The van der Waals surface area contributed by atoms with Crippen LogP contribution < -0.4 is 5.56 Å². The van der Waals surface area contributed by atoms with Crippen LogP contribution in [0.5, 0.6) is 0 Å². The number of hydrogen-bond donors (Lipinski definition) is 1. The minimum absolute atomic E-state index is 0.169. The number of thioether (sulfide) groups is 1. The van der Waals surface area contributed by atoms with Crippen molar-refractivity contribution in [2.24, 2.45) is 0 Å². The first kappa shape index (κ1) is 30.0. The number of aromatic nitrogens is 2. The van der Waals surface area contributed by atoms with Crippen molar-refractivity contribution < 1.29 is 14.7 Å². The van der Waals surface area contributed by atoms with E-state index in [1.807, 2.05) is 49.4 Å². The van der Waals surface area contributed by atoms with Crippen molar-refractivity contribution in [3.8, 4) is 0 Å². The number of fused-ring (bicyclic) bond motifs is 1. The maximum Gasteiger partial charge on any atom is 0.303 e. The molecule has 4 rings (SSSR count). The number of nitrogens with zero attached hydrogens (tertiary/aromatic N) is 3. The summed E-state index contributed by atoms with van der Waals surface area (Å²) >= 11 is 8.17. The van der Waals surface area contributed by atoms with Crippen molar-refractivity contribution in [3.05, 3.63) is 75.0 Å². The highest BCUT2D eigenvalue weighted by Crippen LogP contribution is 2.35. The molecule has 10 heteroatoms. The molecule has 1 N–H and O–H groups in total. The second kappa shape index (κ2) is 14.6. The molecular formula is C30H33N3O4S3. The van der Waals surface area contributed by atoms with Crippen molar-refractivity contribution in [2.75, 3.05) is 6.54 Å². The SMILES string of the molecule is Cc1cccn2c(=O)c(/C=C3/SC(=S)N(CCCCCCCCCCC(=O)O)C3=O)c(Sc3ccccc3)nc12. The number of carboxylic acid groups (broad SMARTS) is 1. The van der Waals surface area contributed by atoms with Gasteiger partial charge < -0.3 is 5.11 Å². The molecule has 1 saturated heterocycles. The number of carbonyl (C=O) groups excluding carboxylic acids is 1. The van der Waals surface area contributed by atoms with Gasteiger partial charge in [0.25, 0.3) is 11.5 Å². The number of unbranched alkanes of at least 4 members (excludes halogenated alkanes) is 7. The summed E-state index contributed by atoms with van der Waals surface area (Å²) in [6.07, 6.45) is 11.5. The van der Waals surface area contributed by atoms with E-state index in [2.05, 4.69) is 0 Å². The van der Waals surface area contributed by atoms with Crippen molar-refractivity contribution in [3.63, 3.8) is 0 Å². The fourth-order valence-electron chi connectivity index (χ4n) is 4.52. The molecule has 0 spiro atoms. The van der Waals surface area contributed by atoms with Crippen LogP contribution in [0.2, 0.25) is 0 Å². The third-order valence-corrected chi connectivity index (χ3v) is 9.07. The van der Waals surface area contributed by atoms with Crippen LogP contribution >= 0.6 is 35.7 Å². The molecule has 210 valence electrons. The Balaban J connectivity index is 1.42. The minimum atomic E-state index is -0.728. The highest BCUT2D eigenvalue weighted by Gasteiger charge is 2.32. The number of aliphatic carboxylic acids is 1. The molecule has 1 aliphatic rings. The fourth-order valence-corrected chi connectivity index (χ4v) is 6.72. The lowest BCUT2D eigenvalue weighted by molar-refractivity contribution is -0.137. The predicted molar refractivity (Wildman–Crippen MR) is 166 cm³/mol. The fraction of sp³-hybridized carbons (Fsp3) is 0.367. The number of aryl methyl sites for hydroxylation is 1. The number of carboxylic acids is 1. The second-order valence-corrected chi connectivity index (χ2v) is 12.5. The highest BCUT2D eigenvalue weighted by molar-refractivity contribution is 8.26. The molecule has 40 heavy (non-hydrogen) atoms. The average molecular weight is 596 g/mol. The zero-order valence-corrected chi connectivity index (χ0v) is 25.0. The van der Waals surface area contributed by atoms with Crippen molar-refractivity contribution in [1.82, 2.24) is 14.3 Å². The van der Waals surface area contributed by atoms with E-state index in [4.69, 9.17) is 22.3 Å². The van der Waals surface area contributed by atoms with Gasteiger partial charge in [-0.3, -0.25) is 23.7 Å². The monoisotopic (exact) mass is 595 g/mol. The number of benzene rings is 1. The van der Waals surface area contributed by atoms with E-state index in [1.165, 1.54) is 27.9 Å². The molecule has 7 nitrogen and oxygen atoms in total. The van der Waals surface area contributed by atoms with Crippen LogP contribution in [-0.2, 0) is 9.59 Å². The van der Waals surface area contributed by atoms with Gasteiger partial charge >= 0.3 is 5.97 Å². The van der Waals surface area contributed by atoms with E-state index in [0.29, 0.717) is 32.0 Å². The molecule has 0 bridgehead atoms. The summed E-state index contributed by atoms with van der Waals surface area (Å²) in [6.45, 7) is 2.48. The third kappa shape index (κ3) is 7.83. The normalized spacial score (nSPS) is 14.5. The Morgan fingerprint density at radius 3 is 2.38 bits per heavy atom. The van der Waals surface area contributed by atoms with Gasteiger partial charge in [-0.1, -0.05) is 98.5 Å². The molecule has 0 atom stereocenters. The maximum atomic E-state index is 13.6. The summed E-state index contributed by atoms with van der Waals surface area (Å²) in [6, 6.07) is 13.5. The van der Waals surface area contributed by atoms with E-state index in [1.54, 1.807) is 17.2 Å². The van der Waals surface area contributed by atoms with E-state index in [-0.39, 0.29) is 17.9 Å². The predicted octanol–water partition coefficient (Wildman–Crippen LogP) is 6.95. The molecular weight excluding hydrogens is 563 g/mol. The van der Waals surface area contributed by atoms with Gasteiger partial charge in [-0.2, -0.15) is 0 Å². The number of carbonyl (C=O) groups is 2. The van der Waals surface area contributed by atoms with E-state index in [9.17, 15) is 14.4 Å². The summed E-state index contributed by atoms with van der Waals surface area (Å²) in [7, 11) is 0. The Labute approximate surface area is 248 Å². The topological polar surface area (TPSA) is 92.0 Å². The molecule has 1 fully saturated rings. The van der Waals surface area contributed by atoms with Gasteiger partial charge in [0, 0.05) is 24.1 Å². The molecule has 0 unspecified atom stereocenters. The van der Waals surface area contributed by atoms with Gasteiger partial charge in [0.1, 0.15) is 15.0 Å². The average Bonchev–Trinajstić information content (AvgIpc) is 3.20. The summed E-state index contributed by atoms with van der Waals surface area (Å²) in [5.74, 6) is -0.897. The number of thiocarbonyl (C=S) groups is 1. The largest absolute Gasteiger partial charge is 0.481 e. The van der Waals surface area contributed by atoms with Crippen molar-refractivity contribution >= 4 is 63.7 Å². The quantitative estimate of drug-likeness (QED) is 0.0927. The molecule has 0 aliphatic carbocycles. The lowest BCUT2D eigenvalue weighted by atomic mass is 10.1. The highest BCUT2D eigenvalue weighted by atomic mass is 32.2. The smallest absolute Gasteiger partial charge is 0.303 e. The molecule has 1 aliphatic heterocycles. The van der Waals surface area contributed by atoms with Crippen LogP contribution in [0.4, 0.5) is 0 Å². The van der Waals surface area contributed by atoms with Gasteiger partial charge in [0.2, 0.25) is 0 Å². The maximum absolute atomic E-state index is 13.6. The number of rotatable bonds is 14. The zero-order valence-electron chi connectivity index (χ0n) is 22.5. The van der Waals surface area contributed by atoms with Gasteiger partial charge in [-0.25, -0.2) is 4.98 Å². The van der Waals surface area contributed by atoms with E-state index >= 15 is 0 Å². The lowest BCUT2D eigenvalue weighted by Gasteiger charge is -2.14. The third-order valence-electron chi connectivity index (χ3n) is 6.68. The minimum Gasteiger partial charge on any atom is -0.481 e. The van der Waals surface area contributed by atoms with Gasteiger partial charge in [-0.15, -0.1) is 0 Å². The first-order valence-electron chi connectivity index (χ1n) is 13.6. The standard InChI is InChI=1S/C30H33N3O4S3/c1-21-14-13-19-32-26(21)31-27(39-22-15-9-8-10-16-22)23(28(32)36)20-24-29(37)33(30(38)40-24)18-12-7-5-3-2-4-6-11-17-25(34)35/h8-10,13-16,19-20H,2-7,11-12,17-18H2,1H3,(H,34,35)/b24-20+. The Kier molecular flexibility index (Phi) is 11.0. The number of pyridine rings is 1. The Bertz CT molecular complexity index is 1470. The molecule has 3 heterocycles. The summed E-state index contributed by atoms with van der Waals surface area (Å²) in [5.41, 5.74) is 1.64. The van der Waals surface area contributed by atoms with Crippen molar-refractivity contribution in [2.45, 2.75) is 74.6 Å². The van der Waals surface area contributed by atoms with Crippen LogP contribution in [0.3, 0.4) is 0 Å². The number of amides is 1. The van der Waals surface area contributed by atoms with Gasteiger partial charge in [0.05, 0.1) is 10.5 Å². The van der Waals surface area contributed by atoms with Crippen LogP contribution in [0.15, 0.2) is 68.3 Å². The Morgan fingerprint density at radius 2 is 1.68 bits per heavy atom. The van der Waals surface area contributed by atoms with Crippen LogP contribution in [0.25, 0.3) is 11.7 Å². The Morgan fingerprint density at radius 1 is 1.00 bits per heavy atom.